The highest BCUT2D eigenvalue weighted by molar-refractivity contribution is 9.10. The van der Waals surface area contributed by atoms with Gasteiger partial charge in [0, 0.05) is 29.2 Å². The number of halogens is 1. The van der Waals surface area contributed by atoms with Gasteiger partial charge in [-0.1, -0.05) is 24.3 Å². The van der Waals surface area contributed by atoms with Crippen molar-refractivity contribution in [3.8, 4) is 11.5 Å². The van der Waals surface area contributed by atoms with E-state index in [0.29, 0.717) is 24.5 Å². The highest BCUT2D eigenvalue weighted by Gasteiger charge is 2.25. The minimum Gasteiger partial charge on any atom is -0.457 e. The number of rotatable bonds is 3. The first-order chi connectivity index (χ1) is 14.7. The Kier molecular flexibility index (Phi) is 4.84. The lowest BCUT2D eigenvalue weighted by Gasteiger charge is -2.29. The van der Waals surface area contributed by atoms with E-state index in [-0.39, 0.29) is 6.03 Å². The van der Waals surface area contributed by atoms with Gasteiger partial charge in [-0.3, -0.25) is 5.10 Å². The van der Waals surface area contributed by atoms with Crippen LogP contribution in [0.25, 0.3) is 11.0 Å². The highest BCUT2D eigenvalue weighted by Crippen LogP contribution is 2.31. The van der Waals surface area contributed by atoms with Gasteiger partial charge < -0.3 is 15.0 Å². The molecule has 4 aromatic rings. The molecule has 1 aliphatic rings. The van der Waals surface area contributed by atoms with Crippen LogP contribution in [-0.4, -0.2) is 32.7 Å². The van der Waals surface area contributed by atoms with Crippen molar-refractivity contribution >= 4 is 38.7 Å². The number of H-pyrrole nitrogens is 1. The summed E-state index contributed by atoms with van der Waals surface area (Å²) in [6, 6.07) is 16.8. The van der Waals surface area contributed by atoms with E-state index < -0.39 is 0 Å². The molecular formula is C22H18BrN5O2. The zero-order valence-electron chi connectivity index (χ0n) is 15.9. The molecule has 0 radical (unpaired) electrons. The van der Waals surface area contributed by atoms with Crippen molar-refractivity contribution < 1.29 is 9.53 Å². The Balaban J connectivity index is 1.31. The van der Waals surface area contributed by atoms with Crippen molar-refractivity contribution in [2.75, 3.05) is 11.9 Å². The standard InChI is InChI=1S/C22H18BrN5O2/c23-20-19-13-28(10-9-17(19)18-12-24-27-21(18)26-20)22(29)25-14-5-4-8-16(11-14)30-15-6-2-1-3-7-15/h1-8,11-12H,9-10,13H2,(H,25,29)(H,24,26,27). The maximum absolute atomic E-state index is 12.9. The van der Waals surface area contributed by atoms with Crippen LogP contribution in [0.4, 0.5) is 10.5 Å². The maximum atomic E-state index is 12.9. The van der Waals surface area contributed by atoms with Gasteiger partial charge in [-0.05, 0) is 52.2 Å². The van der Waals surface area contributed by atoms with Crippen molar-refractivity contribution in [1.82, 2.24) is 20.1 Å². The van der Waals surface area contributed by atoms with Crippen molar-refractivity contribution in [2.24, 2.45) is 0 Å². The fraction of sp³-hybridized carbons (Fsp3) is 0.136. The van der Waals surface area contributed by atoms with Crippen LogP contribution in [-0.2, 0) is 13.0 Å². The molecule has 1 aliphatic heterocycles. The Hall–Kier alpha value is -3.39. The molecule has 7 nitrogen and oxygen atoms in total. The summed E-state index contributed by atoms with van der Waals surface area (Å²) >= 11 is 3.54. The van der Waals surface area contributed by atoms with Gasteiger partial charge in [-0.25, -0.2) is 9.78 Å². The van der Waals surface area contributed by atoms with Crippen LogP contribution in [0.5, 0.6) is 11.5 Å². The van der Waals surface area contributed by atoms with Crippen molar-refractivity contribution in [1.29, 1.82) is 0 Å². The topological polar surface area (TPSA) is 83.1 Å². The number of aromatic amines is 1. The summed E-state index contributed by atoms with van der Waals surface area (Å²) in [5.74, 6) is 1.41. The number of fused-ring (bicyclic) bond motifs is 3. The molecular weight excluding hydrogens is 446 g/mol. The highest BCUT2D eigenvalue weighted by atomic mass is 79.9. The van der Waals surface area contributed by atoms with E-state index >= 15 is 0 Å². The number of hydrogen-bond acceptors (Lipinski definition) is 4. The zero-order valence-corrected chi connectivity index (χ0v) is 17.5. The molecule has 30 heavy (non-hydrogen) atoms. The predicted molar refractivity (Wildman–Crippen MR) is 118 cm³/mol. The SMILES string of the molecule is O=C(Nc1cccc(Oc2ccccc2)c1)N1CCc2c(c(Br)nc3[nH]ncc23)C1. The van der Waals surface area contributed by atoms with Crippen LogP contribution in [0.15, 0.2) is 65.4 Å². The van der Waals surface area contributed by atoms with Crippen molar-refractivity contribution in [3.63, 3.8) is 0 Å². The molecule has 3 heterocycles. The third kappa shape index (κ3) is 3.61. The van der Waals surface area contributed by atoms with Gasteiger partial charge in [0.2, 0.25) is 0 Å². The summed E-state index contributed by atoms with van der Waals surface area (Å²) in [5, 5.41) is 11.0. The number of nitrogens with zero attached hydrogens (tertiary/aromatic N) is 3. The van der Waals surface area contributed by atoms with E-state index in [1.807, 2.05) is 54.6 Å². The minimum absolute atomic E-state index is 0.156. The number of carbonyl (C=O) groups is 1. The second-order valence-corrected chi connectivity index (χ2v) is 7.79. The van der Waals surface area contributed by atoms with Crippen molar-refractivity contribution in [3.05, 3.63) is 76.5 Å². The largest absolute Gasteiger partial charge is 0.457 e. The summed E-state index contributed by atoms with van der Waals surface area (Å²) < 4.78 is 6.59. The van der Waals surface area contributed by atoms with E-state index in [0.717, 1.165) is 33.4 Å². The number of carbonyl (C=O) groups excluding carboxylic acids is 1. The van der Waals surface area contributed by atoms with Crippen LogP contribution in [0.2, 0.25) is 0 Å². The lowest BCUT2D eigenvalue weighted by atomic mass is 9.99. The number of ether oxygens (including phenoxy) is 1. The van der Waals surface area contributed by atoms with Gasteiger partial charge in [-0.2, -0.15) is 5.10 Å². The van der Waals surface area contributed by atoms with Gasteiger partial charge in [0.15, 0.2) is 5.65 Å². The molecule has 2 N–H and O–H groups in total. The number of nitrogens with one attached hydrogen (secondary N) is 2. The average molecular weight is 464 g/mol. The Morgan fingerprint density at radius 3 is 2.80 bits per heavy atom. The van der Waals surface area contributed by atoms with E-state index in [2.05, 4.69) is 36.4 Å². The smallest absolute Gasteiger partial charge is 0.322 e. The monoisotopic (exact) mass is 463 g/mol. The molecule has 0 unspecified atom stereocenters. The number of benzene rings is 2. The normalized spacial score (nSPS) is 13.2. The van der Waals surface area contributed by atoms with Gasteiger partial charge in [-0.15, -0.1) is 0 Å². The first kappa shape index (κ1) is 18.6. The molecule has 0 spiro atoms. The first-order valence-electron chi connectivity index (χ1n) is 9.56. The van der Waals surface area contributed by atoms with Gasteiger partial charge in [0.25, 0.3) is 0 Å². The Morgan fingerprint density at radius 1 is 1.10 bits per heavy atom. The summed E-state index contributed by atoms with van der Waals surface area (Å²) in [7, 11) is 0. The molecule has 150 valence electrons. The number of anilines is 1. The summed E-state index contributed by atoms with van der Waals surface area (Å²) in [6.45, 7) is 1.10. The Labute approximate surface area is 181 Å². The Morgan fingerprint density at radius 2 is 1.93 bits per heavy atom. The number of urea groups is 1. The molecule has 0 saturated carbocycles. The minimum atomic E-state index is -0.156. The quantitative estimate of drug-likeness (QED) is 0.413. The molecule has 0 fully saturated rings. The number of para-hydroxylation sites is 1. The number of hydrogen-bond donors (Lipinski definition) is 2. The second-order valence-electron chi connectivity index (χ2n) is 7.04. The van der Waals surface area contributed by atoms with Crippen LogP contribution in [0, 0.1) is 0 Å². The summed E-state index contributed by atoms with van der Waals surface area (Å²) in [5.41, 5.74) is 3.64. The van der Waals surface area contributed by atoms with E-state index in [1.165, 1.54) is 5.56 Å². The molecule has 8 heteroatoms. The molecule has 2 amide bonds. The van der Waals surface area contributed by atoms with Crippen LogP contribution >= 0.6 is 15.9 Å². The Bertz CT molecular complexity index is 1220. The van der Waals surface area contributed by atoms with Crippen LogP contribution < -0.4 is 10.1 Å². The predicted octanol–water partition coefficient (Wildman–Crippen LogP) is 5.10. The number of aromatic nitrogens is 3. The van der Waals surface area contributed by atoms with Gasteiger partial charge in [0.05, 0.1) is 12.7 Å². The molecule has 0 saturated heterocycles. The molecule has 0 bridgehead atoms. The molecule has 5 rings (SSSR count). The lowest BCUT2D eigenvalue weighted by molar-refractivity contribution is 0.206. The molecule has 0 aliphatic carbocycles. The fourth-order valence-corrected chi connectivity index (χ4v) is 4.18. The van der Waals surface area contributed by atoms with Gasteiger partial charge >= 0.3 is 6.03 Å². The summed E-state index contributed by atoms with van der Waals surface area (Å²) in [6.07, 6.45) is 2.54. The average Bonchev–Trinajstić information content (AvgIpc) is 3.23. The number of pyridine rings is 1. The summed E-state index contributed by atoms with van der Waals surface area (Å²) in [4.78, 5) is 19.2. The van der Waals surface area contributed by atoms with Crippen LogP contribution in [0.3, 0.4) is 0 Å². The number of amides is 2. The van der Waals surface area contributed by atoms with Crippen LogP contribution in [0.1, 0.15) is 11.1 Å². The zero-order chi connectivity index (χ0) is 20.5. The fourth-order valence-electron chi connectivity index (χ4n) is 3.64. The third-order valence-corrected chi connectivity index (χ3v) is 5.76. The van der Waals surface area contributed by atoms with Gasteiger partial charge in [0.1, 0.15) is 16.1 Å². The lowest BCUT2D eigenvalue weighted by Crippen LogP contribution is -2.39. The second kappa shape index (κ2) is 7.79. The molecule has 2 aromatic carbocycles. The van der Waals surface area contributed by atoms with Crippen molar-refractivity contribution in [2.45, 2.75) is 13.0 Å². The van der Waals surface area contributed by atoms with E-state index in [4.69, 9.17) is 4.74 Å². The van der Waals surface area contributed by atoms with E-state index in [9.17, 15) is 4.79 Å². The molecule has 2 aromatic heterocycles. The third-order valence-electron chi connectivity index (χ3n) is 5.10. The van der Waals surface area contributed by atoms with E-state index in [1.54, 1.807) is 11.1 Å². The maximum Gasteiger partial charge on any atom is 0.322 e. The molecule has 0 atom stereocenters. The first-order valence-corrected chi connectivity index (χ1v) is 10.4.